The zero-order valence-electron chi connectivity index (χ0n) is 12.5. The van der Waals surface area contributed by atoms with Gasteiger partial charge < -0.3 is 11.1 Å². The molecule has 1 rings (SSSR count). The van der Waals surface area contributed by atoms with Crippen LogP contribution in [-0.2, 0) is 4.79 Å². The number of nitrogens with two attached hydrogens (primary N) is 1. The van der Waals surface area contributed by atoms with Crippen molar-refractivity contribution in [3.63, 3.8) is 0 Å². The number of carbonyl (C=O) groups excluding carboxylic acids is 1. The molecule has 0 bridgehead atoms. The maximum atomic E-state index is 12.2. The van der Waals surface area contributed by atoms with E-state index in [1.165, 1.54) is 0 Å². The molecule has 5 heteroatoms. The first-order valence-corrected chi connectivity index (χ1v) is 7.53. The number of carbonyl (C=O) groups is 1. The molecule has 0 aliphatic carbocycles. The third kappa shape index (κ3) is 5.28. The number of rotatable bonds is 5. The SMILES string of the molecule is Cc1csc(C(C)NC(=O)C(CN)CC(C)(C)C)n1. The Morgan fingerprint density at radius 3 is 2.58 bits per heavy atom. The first-order chi connectivity index (χ1) is 8.73. The summed E-state index contributed by atoms with van der Waals surface area (Å²) in [5.74, 6) is -0.110. The van der Waals surface area contributed by atoms with E-state index in [-0.39, 0.29) is 23.3 Å². The number of nitrogens with one attached hydrogen (secondary N) is 1. The maximum Gasteiger partial charge on any atom is 0.224 e. The first-order valence-electron chi connectivity index (χ1n) is 6.65. The molecule has 19 heavy (non-hydrogen) atoms. The second-order valence-electron chi connectivity index (χ2n) is 6.25. The van der Waals surface area contributed by atoms with Gasteiger partial charge in [-0.2, -0.15) is 0 Å². The Balaban J connectivity index is 2.62. The topological polar surface area (TPSA) is 68.0 Å². The van der Waals surface area contributed by atoms with Gasteiger partial charge in [0.25, 0.3) is 0 Å². The molecule has 3 N–H and O–H groups in total. The molecule has 4 nitrogen and oxygen atoms in total. The van der Waals surface area contributed by atoms with Gasteiger partial charge in [-0.3, -0.25) is 4.79 Å². The van der Waals surface area contributed by atoms with E-state index >= 15 is 0 Å². The van der Waals surface area contributed by atoms with Crippen LogP contribution in [0.2, 0.25) is 0 Å². The minimum absolute atomic E-state index is 0.0257. The highest BCUT2D eigenvalue weighted by molar-refractivity contribution is 7.09. The minimum atomic E-state index is -0.136. The largest absolute Gasteiger partial charge is 0.347 e. The van der Waals surface area contributed by atoms with Gasteiger partial charge in [0.1, 0.15) is 5.01 Å². The standard InChI is InChI=1S/C14H25N3OS/c1-9-8-19-13(16-9)10(2)17-12(18)11(7-15)6-14(3,4)5/h8,10-11H,6-7,15H2,1-5H3,(H,17,18). The lowest BCUT2D eigenvalue weighted by molar-refractivity contribution is -0.126. The predicted molar refractivity (Wildman–Crippen MR) is 80.0 cm³/mol. The summed E-state index contributed by atoms with van der Waals surface area (Å²) < 4.78 is 0. The number of amides is 1. The lowest BCUT2D eigenvalue weighted by Crippen LogP contribution is -2.38. The monoisotopic (exact) mass is 283 g/mol. The number of hydrogen-bond donors (Lipinski definition) is 2. The van der Waals surface area contributed by atoms with Crippen LogP contribution in [0.3, 0.4) is 0 Å². The molecule has 1 aromatic heterocycles. The fraction of sp³-hybridized carbons (Fsp3) is 0.714. The average molecular weight is 283 g/mol. The normalized spacial score (nSPS) is 15.1. The highest BCUT2D eigenvalue weighted by atomic mass is 32.1. The van der Waals surface area contributed by atoms with E-state index in [0.717, 1.165) is 17.1 Å². The zero-order valence-corrected chi connectivity index (χ0v) is 13.3. The van der Waals surface area contributed by atoms with E-state index in [1.807, 2.05) is 19.2 Å². The molecule has 1 aromatic rings. The second-order valence-corrected chi connectivity index (χ2v) is 7.14. The van der Waals surface area contributed by atoms with Gasteiger partial charge in [0.05, 0.1) is 12.0 Å². The Kier molecular flexibility index (Phi) is 5.50. The van der Waals surface area contributed by atoms with Crippen LogP contribution in [-0.4, -0.2) is 17.4 Å². The van der Waals surface area contributed by atoms with Crippen LogP contribution in [0, 0.1) is 18.3 Å². The fourth-order valence-electron chi connectivity index (χ4n) is 1.99. The summed E-state index contributed by atoms with van der Waals surface area (Å²) in [6.07, 6.45) is 0.791. The molecule has 0 aromatic carbocycles. The van der Waals surface area contributed by atoms with Crippen LogP contribution in [0.15, 0.2) is 5.38 Å². The number of aromatic nitrogens is 1. The number of thiazole rings is 1. The smallest absolute Gasteiger partial charge is 0.224 e. The van der Waals surface area contributed by atoms with Gasteiger partial charge in [0.2, 0.25) is 5.91 Å². The van der Waals surface area contributed by atoms with Crippen molar-refractivity contribution in [2.45, 2.75) is 47.1 Å². The third-order valence-corrected chi connectivity index (χ3v) is 4.03. The predicted octanol–water partition coefficient (Wildman–Crippen LogP) is 2.64. The maximum absolute atomic E-state index is 12.2. The van der Waals surface area contributed by atoms with Crippen molar-refractivity contribution in [1.29, 1.82) is 0 Å². The van der Waals surface area contributed by atoms with Crippen LogP contribution in [0.25, 0.3) is 0 Å². The summed E-state index contributed by atoms with van der Waals surface area (Å²) in [6.45, 7) is 10.7. The molecule has 0 radical (unpaired) electrons. The molecule has 2 unspecified atom stereocenters. The van der Waals surface area contributed by atoms with E-state index in [1.54, 1.807) is 11.3 Å². The molecule has 0 fully saturated rings. The van der Waals surface area contributed by atoms with E-state index in [2.05, 4.69) is 31.1 Å². The molecule has 0 spiro atoms. The summed E-state index contributed by atoms with van der Waals surface area (Å²) in [5, 5.41) is 5.95. The summed E-state index contributed by atoms with van der Waals surface area (Å²) >= 11 is 1.58. The number of nitrogens with zero attached hydrogens (tertiary/aromatic N) is 1. The third-order valence-electron chi connectivity index (χ3n) is 2.88. The Bertz CT molecular complexity index is 423. The quantitative estimate of drug-likeness (QED) is 0.873. The van der Waals surface area contributed by atoms with Gasteiger partial charge in [0.15, 0.2) is 0 Å². The van der Waals surface area contributed by atoms with Crippen LogP contribution in [0.4, 0.5) is 0 Å². The molecular weight excluding hydrogens is 258 g/mol. The van der Waals surface area contributed by atoms with Crippen LogP contribution < -0.4 is 11.1 Å². The van der Waals surface area contributed by atoms with Crippen LogP contribution in [0.5, 0.6) is 0 Å². The lowest BCUT2D eigenvalue weighted by atomic mass is 9.84. The molecule has 0 saturated heterocycles. The molecule has 1 heterocycles. The molecule has 108 valence electrons. The summed E-state index contributed by atoms with van der Waals surface area (Å²) in [5.41, 5.74) is 6.82. The van der Waals surface area contributed by atoms with Gasteiger partial charge in [-0.15, -0.1) is 11.3 Å². The van der Waals surface area contributed by atoms with Gasteiger partial charge in [-0.1, -0.05) is 20.8 Å². The van der Waals surface area contributed by atoms with Crippen molar-refractivity contribution in [2.24, 2.45) is 17.1 Å². The van der Waals surface area contributed by atoms with Gasteiger partial charge in [-0.05, 0) is 25.7 Å². The molecule has 2 atom stereocenters. The van der Waals surface area contributed by atoms with Crippen LogP contribution in [0.1, 0.15) is 50.9 Å². The van der Waals surface area contributed by atoms with Crippen LogP contribution >= 0.6 is 11.3 Å². The molecular formula is C14H25N3OS. The van der Waals surface area contributed by atoms with Gasteiger partial charge in [0, 0.05) is 17.6 Å². The van der Waals surface area contributed by atoms with E-state index in [4.69, 9.17) is 5.73 Å². The van der Waals surface area contributed by atoms with Crippen molar-refractivity contribution >= 4 is 17.2 Å². The molecule has 0 aliphatic heterocycles. The highest BCUT2D eigenvalue weighted by Gasteiger charge is 2.25. The van der Waals surface area contributed by atoms with Crippen molar-refractivity contribution < 1.29 is 4.79 Å². The Hall–Kier alpha value is -0.940. The molecule has 1 amide bonds. The van der Waals surface area contributed by atoms with E-state index < -0.39 is 0 Å². The summed E-state index contributed by atoms with van der Waals surface area (Å²) in [6, 6.07) is -0.0554. The van der Waals surface area contributed by atoms with Crippen molar-refractivity contribution in [2.75, 3.05) is 6.54 Å². The van der Waals surface area contributed by atoms with Crippen molar-refractivity contribution in [1.82, 2.24) is 10.3 Å². The summed E-state index contributed by atoms with van der Waals surface area (Å²) in [4.78, 5) is 16.6. The molecule has 0 saturated carbocycles. The Labute approximate surface area is 119 Å². The summed E-state index contributed by atoms with van der Waals surface area (Å²) in [7, 11) is 0. The number of aryl methyl sites for hydroxylation is 1. The van der Waals surface area contributed by atoms with Gasteiger partial charge >= 0.3 is 0 Å². The second kappa shape index (κ2) is 6.48. The van der Waals surface area contributed by atoms with Crippen molar-refractivity contribution in [3.8, 4) is 0 Å². The molecule has 0 aliphatic rings. The first kappa shape index (κ1) is 16.1. The van der Waals surface area contributed by atoms with Crippen molar-refractivity contribution in [3.05, 3.63) is 16.1 Å². The van der Waals surface area contributed by atoms with Gasteiger partial charge in [-0.25, -0.2) is 4.98 Å². The zero-order chi connectivity index (χ0) is 14.6. The Morgan fingerprint density at radius 1 is 1.53 bits per heavy atom. The van der Waals surface area contributed by atoms with E-state index in [0.29, 0.717) is 6.54 Å². The average Bonchev–Trinajstić information content (AvgIpc) is 2.71. The lowest BCUT2D eigenvalue weighted by Gasteiger charge is -2.25. The minimum Gasteiger partial charge on any atom is -0.347 e. The highest BCUT2D eigenvalue weighted by Crippen LogP contribution is 2.25. The fourth-order valence-corrected chi connectivity index (χ4v) is 2.79. The van der Waals surface area contributed by atoms with E-state index in [9.17, 15) is 4.79 Å². The Morgan fingerprint density at radius 2 is 2.16 bits per heavy atom. The number of hydrogen-bond acceptors (Lipinski definition) is 4.